The molecule has 0 aromatic heterocycles. The molecule has 1 unspecified atom stereocenters. The lowest BCUT2D eigenvalue weighted by atomic mass is 9.93. The van der Waals surface area contributed by atoms with Crippen LogP contribution in [0.2, 0.25) is 5.02 Å². The van der Waals surface area contributed by atoms with E-state index < -0.39 is 0 Å². The molecule has 1 atom stereocenters. The molecule has 0 amide bonds. The molecule has 0 aliphatic rings. The number of aryl methyl sites for hydroxylation is 2. The molecule has 0 heterocycles. The molecule has 0 saturated carbocycles. The van der Waals surface area contributed by atoms with Gasteiger partial charge >= 0.3 is 0 Å². The highest BCUT2D eigenvalue weighted by molar-refractivity contribution is 9.10. The van der Waals surface area contributed by atoms with E-state index in [1.165, 1.54) is 0 Å². The molecular weight excluding hydrogens is 353 g/mol. The Balaban J connectivity index is 2.59. The van der Waals surface area contributed by atoms with E-state index in [0.717, 1.165) is 27.7 Å². The molecule has 2 aromatic rings. The zero-order valence-electron chi connectivity index (χ0n) is 12.3. The summed E-state index contributed by atoms with van der Waals surface area (Å²) in [5.41, 5.74) is 3.54. The van der Waals surface area contributed by atoms with Crippen molar-refractivity contribution in [1.29, 1.82) is 0 Å². The van der Waals surface area contributed by atoms with E-state index in [1.54, 1.807) is 6.07 Å². The fraction of sp³-hybridized carbons (Fsp3) is 0.294. The zero-order chi connectivity index (χ0) is 15.6. The van der Waals surface area contributed by atoms with E-state index in [0.29, 0.717) is 10.6 Å². The normalized spacial score (nSPS) is 12.5. The van der Waals surface area contributed by atoms with Crippen LogP contribution in [0.15, 0.2) is 34.8 Å². The van der Waals surface area contributed by atoms with Crippen molar-refractivity contribution in [3.63, 3.8) is 0 Å². The van der Waals surface area contributed by atoms with Gasteiger partial charge in [0, 0.05) is 15.1 Å². The summed E-state index contributed by atoms with van der Waals surface area (Å²) in [5.74, 6) is -0.180. The summed E-state index contributed by atoms with van der Waals surface area (Å²) in [7, 11) is 0. The first kappa shape index (κ1) is 16.5. The van der Waals surface area contributed by atoms with Gasteiger partial charge in [0.15, 0.2) is 0 Å². The van der Waals surface area contributed by atoms with Gasteiger partial charge < -0.3 is 5.32 Å². The van der Waals surface area contributed by atoms with Gasteiger partial charge in [-0.05, 0) is 55.3 Å². The molecule has 4 heteroatoms. The predicted molar refractivity (Wildman–Crippen MR) is 90.5 cm³/mol. The first-order valence-corrected chi connectivity index (χ1v) is 8.06. The fourth-order valence-corrected chi connectivity index (χ4v) is 3.51. The quantitative estimate of drug-likeness (QED) is 0.743. The molecule has 0 fully saturated rings. The van der Waals surface area contributed by atoms with Crippen LogP contribution in [-0.2, 0) is 0 Å². The second-order valence-electron chi connectivity index (χ2n) is 5.13. The lowest BCUT2D eigenvalue weighted by Crippen LogP contribution is -2.24. The van der Waals surface area contributed by atoms with Gasteiger partial charge in [0.1, 0.15) is 5.82 Å². The van der Waals surface area contributed by atoms with Gasteiger partial charge in [0.2, 0.25) is 0 Å². The topological polar surface area (TPSA) is 12.0 Å². The van der Waals surface area contributed by atoms with E-state index in [-0.39, 0.29) is 11.9 Å². The largest absolute Gasteiger partial charge is 0.306 e. The highest BCUT2D eigenvalue weighted by atomic mass is 79.9. The SMILES string of the molecule is CCNC(c1ccc(Cl)cc1Br)c1c(C)cc(C)cc1F. The second kappa shape index (κ2) is 6.91. The van der Waals surface area contributed by atoms with Crippen LogP contribution in [0.25, 0.3) is 0 Å². The Morgan fingerprint density at radius 1 is 1.24 bits per heavy atom. The highest BCUT2D eigenvalue weighted by Crippen LogP contribution is 2.33. The molecule has 1 nitrogen and oxygen atoms in total. The Morgan fingerprint density at radius 3 is 2.52 bits per heavy atom. The summed E-state index contributed by atoms with van der Waals surface area (Å²) in [6, 6.07) is 8.97. The Hall–Kier alpha value is -0.900. The number of nitrogens with one attached hydrogen (secondary N) is 1. The van der Waals surface area contributed by atoms with E-state index in [1.807, 2.05) is 45.0 Å². The monoisotopic (exact) mass is 369 g/mol. The molecular formula is C17H18BrClFN. The summed E-state index contributed by atoms with van der Waals surface area (Å²) in [5, 5.41) is 4.02. The van der Waals surface area contributed by atoms with Crippen molar-refractivity contribution < 1.29 is 4.39 Å². The minimum Gasteiger partial charge on any atom is -0.306 e. The Bertz CT molecular complexity index is 634. The van der Waals surface area contributed by atoms with Crippen LogP contribution in [0.3, 0.4) is 0 Å². The van der Waals surface area contributed by atoms with Gasteiger partial charge in [-0.1, -0.05) is 46.6 Å². The van der Waals surface area contributed by atoms with Gasteiger partial charge in [-0.25, -0.2) is 4.39 Å². The number of hydrogen-bond acceptors (Lipinski definition) is 1. The van der Waals surface area contributed by atoms with Crippen molar-refractivity contribution in [3.8, 4) is 0 Å². The summed E-state index contributed by atoms with van der Waals surface area (Å²) >= 11 is 9.54. The summed E-state index contributed by atoms with van der Waals surface area (Å²) in [6.45, 7) is 6.60. The van der Waals surface area contributed by atoms with Crippen LogP contribution in [0.1, 0.15) is 35.2 Å². The predicted octanol–water partition coefficient (Wildman–Crippen LogP) is 5.56. The summed E-state index contributed by atoms with van der Waals surface area (Å²) < 4.78 is 15.4. The molecule has 112 valence electrons. The molecule has 0 aliphatic heterocycles. The van der Waals surface area contributed by atoms with Crippen LogP contribution in [0, 0.1) is 19.7 Å². The molecule has 1 N–H and O–H groups in total. The van der Waals surface area contributed by atoms with Crippen molar-refractivity contribution in [2.75, 3.05) is 6.54 Å². The average molecular weight is 371 g/mol. The van der Waals surface area contributed by atoms with Gasteiger partial charge in [0.05, 0.1) is 6.04 Å². The third-order valence-corrected chi connectivity index (χ3v) is 4.37. The molecule has 0 bridgehead atoms. The van der Waals surface area contributed by atoms with Crippen LogP contribution in [-0.4, -0.2) is 6.54 Å². The lowest BCUT2D eigenvalue weighted by Gasteiger charge is -2.23. The number of hydrogen-bond donors (Lipinski definition) is 1. The maximum Gasteiger partial charge on any atom is 0.128 e. The Labute approximate surface area is 138 Å². The van der Waals surface area contributed by atoms with Gasteiger partial charge in [-0.3, -0.25) is 0 Å². The smallest absolute Gasteiger partial charge is 0.128 e. The first-order chi connectivity index (χ1) is 9.93. The third kappa shape index (κ3) is 3.65. The summed E-state index contributed by atoms with van der Waals surface area (Å²) in [4.78, 5) is 0. The maximum atomic E-state index is 14.5. The second-order valence-corrected chi connectivity index (χ2v) is 6.42. The van der Waals surface area contributed by atoms with Crippen LogP contribution < -0.4 is 5.32 Å². The minimum absolute atomic E-state index is 0.180. The van der Waals surface area contributed by atoms with Gasteiger partial charge in [-0.2, -0.15) is 0 Å². The maximum absolute atomic E-state index is 14.5. The minimum atomic E-state index is -0.206. The standard InChI is InChI=1S/C17H18BrClFN/c1-4-21-17(13-6-5-12(19)9-14(13)18)16-11(3)7-10(2)8-15(16)20/h5-9,17,21H,4H2,1-3H3. The van der Waals surface area contributed by atoms with E-state index in [2.05, 4.69) is 21.2 Å². The average Bonchev–Trinajstić information content (AvgIpc) is 2.37. The molecule has 0 radical (unpaired) electrons. The van der Waals surface area contributed by atoms with Crippen LogP contribution in [0.4, 0.5) is 4.39 Å². The van der Waals surface area contributed by atoms with Gasteiger partial charge in [0.25, 0.3) is 0 Å². The van der Waals surface area contributed by atoms with Crippen molar-refractivity contribution in [1.82, 2.24) is 5.32 Å². The van der Waals surface area contributed by atoms with Crippen molar-refractivity contribution in [2.45, 2.75) is 26.8 Å². The van der Waals surface area contributed by atoms with E-state index >= 15 is 0 Å². The molecule has 0 saturated heterocycles. The molecule has 21 heavy (non-hydrogen) atoms. The van der Waals surface area contributed by atoms with Crippen molar-refractivity contribution in [2.24, 2.45) is 0 Å². The summed E-state index contributed by atoms with van der Waals surface area (Å²) in [6.07, 6.45) is 0. The van der Waals surface area contributed by atoms with Crippen molar-refractivity contribution in [3.05, 3.63) is 67.9 Å². The molecule has 2 rings (SSSR count). The molecule has 0 aliphatic carbocycles. The number of halogens is 3. The van der Waals surface area contributed by atoms with Crippen molar-refractivity contribution >= 4 is 27.5 Å². The molecule has 2 aromatic carbocycles. The van der Waals surface area contributed by atoms with Crippen LogP contribution in [0.5, 0.6) is 0 Å². The Morgan fingerprint density at radius 2 is 1.95 bits per heavy atom. The first-order valence-electron chi connectivity index (χ1n) is 6.89. The van der Waals surface area contributed by atoms with E-state index in [4.69, 9.17) is 11.6 Å². The third-order valence-electron chi connectivity index (χ3n) is 3.45. The van der Waals surface area contributed by atoms with Crippen LogP contribution >= 0.6 is 27.5 Å². The zero-order valence-corrected chi connectivity index (χ0v) is 14.6. The molecule has 0 spiro atoms. The lowest BCUT2D eigenvalue weighted by molar-refractivity contribution is 0.554. The van der Waals surface area contributed by atoms with Gasteiger partial charge in [-0.15, -0.1) is 0 Å². The van der Waals surface area contributed by atoms with E-state index in [9.17, 15) is 4.39 Å². The Kier molecular flexibility index (Phi) is 5.42. The number of rotatable bonds is 4. The fourth-order valence-electron chi connectivity index (χ4n) is 2.60. The number of benzene rings is 2. The highest BCUT2D eigenvalue weighted by Gasteiger charge is 2.21.